The van der Waals surface area contributed by atoms with Gasteiger partial charge in [-0.2, -0.15) is 0 Å². The summed E-state index contributed by atoms with van der Waals surface area (Å²) in [5, 5.41) is 0. The molecule has 0 aromatic heterocycles. The van der Waals surface area contributed by atoms with Gasteiger partial charge in [0.2, 0.25) is 0 Å². The Balaban J connectivity index is 2.14. The number of hydrogen-bond donors (Lipinski definition) is 1. The molecule has 2 aromatic carbocycles. The van der Waals surface area contributed by atoms with Crippen LogP contribution in [0.5, 0.6) is 5.75 Å². The van der Waals surface area contributed by atoms with Crippen LogP contribution in [0.4, 0.5) is 5.69 Å². The molecule has 1 aliphatic rings. The SMILES string of the molecule is COc1ccc(C)cc1-c1ccc2c(c1N)CCN(C)C2. The molecule has 21 heavy (non-hydrogen) atoms. The molecule has 3 rings (SSSR count). The molecule has 0 radical (unpaired) electrons. The van der Waals surface area contributed by atoms with Crippen LogP contribution in [0.15, 0.2) is 30.3 Å². The molecule has 0 spiro atoms. The van der Waals surface area contributed by atoms with Crippen LogP contribution >= 0.6 is 0 Å². The van der Waals surface area contributed by atoms with Gasteiger partial charge in [-0.15, -0.1) is 0 Å². The quantitative estimate of drug-likeness (QED) is 0.859. The third-order valence-corrected chi connectivity index (χ3v) is 4.28. The van der Waals surface area contributed by atoms with E-state index in [1.165, 1.54) is 16.7 Å². The fraction of sp³-hybridized carbons (Fsp3) is 0.333. The molecule has 2 N–H and O–H groups in total. The lowest BCUT2D eigenvalue weighted by Gasteiger charge is -2.27. The normalized spacial score (nSPS) is 14.8. The molecule has 1 aliphatic heterocycles. The smallest absolute Gasteiger partial charge is 0.126 e. The molecule has 0 bridgehead atoms. The minimum absolute atomic E-state index is 0.875. The zero-order valence-electron chi connectivity index (χ0n) is 12.9. The van der Waals surface area contributed by atoms with Crippen LogP contribution in [-0.2, 0) is 13.0 Å². The predicted molar refractivity (Wildman–Crippen MR) is 87.6 cm³/mol. The van der Waals surface area contributed by atoms with Gasteiger partial charge in [0.05, 0.1) is 7.11 Å². The van der Waals surface area contributed by atoms with E-state index in [0.717, 1.165) is 42.1 Å². The Hall–Kier alpha value is -2.00. The second-order valence-electron chi connectivity index (χ2n) is 5.86. The largest absolute Gasteiger partial charge is 0.496 e. The fourth-order valence-electron chi connectivity index (χ4n) is 3.09. The zero-order valence-corrected chi connectivity index (χ0v) is 12.9. The highest BCUT2D eigenvalue weighted by Gasteiger charge is 2.19. The van der Waals surface area contributed by atoms with E-state index in [1.807, 2.05) is 6.07 Å². The molecule has 0 atom stereocenters. The number of methoxy groups -OCH3 is 1. The number of rotatable bonds is 2. The number of anilines is 1. The number of ether oxygens (including phenoxy) is 1. The number of aryl methyl sites for hydroxylation is 1. The molecule has 0 saturated heterocycles. The molecule has 110 valence electrons. The number of fused-ring (bicyclic) bond motifs is 1. The van der Waals surface area contributed by atoms with Gasteiger partial charge in [-0.05, 0) is 43.7 Å². The maximum Gasteiger partial charge on any atom is 0.126 e. The fourth-order valence-corrected chi connectivity index (χ4v) is 3.09. The number of nitrogens with two attached hydrogens (primary N) is 1. The van der Waals surface area contributed by atoms with Crippen LogP contribution in [0.1, 0.15) is 16.7 Å². The predicted octanol–water partition coefficient (Wildman–Crippen LogP) is 3.24. The van der Waals surface area contributed by atoms with Crippen molar-refractivity contribution in [3.63, 3.8) is 0 Å². The molecule has 0 amide bonds. The Morgan fingerprint density at radius 3 is 2.71 bits per heavy atom. The Morgan fingerprint density at radius 1 is 1.14 bits per heavy atom. The molecule has 0 unspecified atom stereocenters. The number of nitrogen functional groups attached to an aromatic ring is 1. The van der Waals surface area contributed by atoms with Gasteiger partial charge in [-0.3, -0.25) is 0 Å². The van der Waals surface area contributed by atoms with E-state index < -0.39 is 0 Å². The summed E-state index contributed by atoms with van der Waals surface area (Å²) >= 11 is 0. The van der Waals surface area contributed by atoms with Gasteiger partial charge >= 0.3 is 0 Å². The molecule has 3 nitrogen and oxygen atoms in total. The van der Waals surface area contributed by atoms with Crippen molar-refractivity contribution in [3.8, 4) is 16.9 Å². The monoisotopic (exact) mass is 282 g/mol. The second-order valence-corrected chi connectivity index (χ2v) is 5.86. The summed E-state index contributed by atoms with van der Waals surface area (Å²) in [6.07, 6.45) is 1.01. The van der Waals surface area contributed by atoms with Gasteiger partial charge in [0.15, 0.2) is 0 Å². The van der Waals surface area contributed by atoms with Crippen molar-refractivity contribution in [2.75, 3.05) is 26.4 Å². The van der Waals surface area contributed by atoms with E-state index in [0.29, 0.717) is 0 Å². The van der Waals surface area contributed by atoms with Crippen molar-refractivity contribution in [2.24, 2.45) is 0 Å². The highest BCUT2D eigenvalue weighted by molar-refractivity contribution is 5.83. The van der Waals surface area contributed by atoms with Crippen molar-refractivity contribution < 1.29 is 4.74 Å². The summed E-state index contributed by atoms with van der Waals surface area (Å²) in [4.78, 5) is 2.33. The molecular weight excluding hydrogens is 260 g/mol. The summed E-state index contributed by atoms with van der Waals surface area (Å²) in [7, 11) is 3.86. The van der Waals surface area contributed by atoms with Gasteiger partial charge in [-0.1, -0.05) is 23.8 Å². The molecular formula is C18H22N2O. The van der Waals surface area contributed by atoms with Crippen LogP contribution in [0.2, 0.25) is 0 Å². The Labute approximate surface area is 126 Å². The second kappa shape index (κ2) is 5.41. The molecule has 3 heteroatoms. The van der Waals surface area contributed by atoms with E-state index in [1.54, 1.807) is 7.11 Å². The summed E-state index contributed by atoms with van der Waals surface area (Å²) < 4.78 is 5.51. The standard InChI is InChI=1S/C18H22N2O/c1-12-4-7-17(21-3)16(10-12)15-6-5-13-11-20(2)9-8-14(13)18(15)19/h4-7,10H,8-9,11,19H2,1-3H3. The molecule has 1 heterocycles. The highest BCUT2D eigenvalue weighted by Crippen LogP contribution is 2.38. The van der Waals surface area contributed by atoms with Crippen molar-refractivity contribution in [1.82, 2.24) is 4.90 Å². The van der Waals surface area contributed by atoms with E-state index in [2.05, 4.69) is 43.1 Å². The average Bonchev–Trinajstić information content (AvgIpc) is 2.47. The number of likely N-dealkylation sites (N-methyl/N-ethyl adjacent to an activating group) is 1. The number of nitrogens with zero attached hydrogens (tertiary/aromatic N) is 1. The Morgan fingerprint density at radius 2 is 1.95 bits per heavy atom. The minimum atomic E-state index is 0.875. The van der Waals surface area contributed by atoms with Crippen molar-refractivity contribution in [3.05, 3.63) is 47.0 Å². The lowest BCUT2D eigenvalue weighted by Crippen LogP contribution is -2.27. The maximum absolute atomic E-state index is 6.48. The third kappa shape index (κ3) is 2.49. The first kappa shape index (κ1) is 14.0. The summed E-state index contributed by atoms with van der Waals surface area (Å²) in [5.41, 5.74) is 13.4. The summed E-state index contributed by atoms with van der Waals surface area (Å²) in [6.45, 7) is 4.13. The van der Waals surface area contributed by atoms with Gasteiger partial charge in [0.25, 0.3) is 0 Å². The summed E-state index contributed by atoms with van der Waals surface area (Å²) in [6, 6.07) is 10.6. The zero-order chi connectivity index (χ0) is 15.0. The highest BCUT2D eigenvalue weighted by atomic mass is 16.5. The van der Waals surface area contributed by atoms with E-state index in [-0.39, 0.29) is 0 Å². The average molecular weight is 282 g/mol. The van der Waals surface area contributed by atoms with E-state index >= 15 is 0 Å². The van der Waals surface area contributed by atoms with Crippen molar-refractivity contribution >= 4 is 5.69 Å². The lowest BCUT2D eigenvalue weighted by molar-refractivity contribution is 0.313. The Bertz CT molecular complexity index is 679. The first-order valence-corrected chi connectivity index (χ1v) is 7.34. The van der Waals surface area contributed by atoms with Gasteiger partial charge in [0.1, 0.15) is 5.75 Å². The van der Waals surface area contributed by atoms with Crippen LogP contribution in [0.25, 0.3) is 11.1 Å². The topological polar surface area (TPSA) is 38.5 Å². The van der Waals surface area contributed by atoms with Crippen molar-refractivity contribution in [2.45, 2.75) is 19.9 Å². The number of hydrogen-bond acceptors (Lipinski definition) is 3. The third-order valence-electron chi connectivity index (χ3n) is 4.28. The van der Waals surface area contributed by atoms with Crippen LogP contribution in [-0.4, -0.2) is 25.6 Å². The Kier molecular flexibility index (Phi) is 3.60. The van der Waals surface area contributed by atoms with E-state index in [4.69, 9.17) is 10.5 Å². The van der Waals surface area contributed by atoms with Crippen LogP contribution in [0, 0.1) is 6.92 Å². The lowest BCUT2D eigenvalue weighted by atomic mass is 9.91. The first-order valence-electron chi connectivity index (χ1n) is 7.34. The van der Waals surface area contributed by atoms with Gasteiger partial charge in [-0.25, -0.2) is 0 Å². The van der Waals surface area contributed by atoms with Gasteiger partial charge in [0, 0.05) is 29.9 Å². The number of benzene rings is 2. The first-order chi connectivity index (χ1) is 10.1. The maximum atomic E-state index is 6.48. The summed E-state index contributed by atoms with van der Waals surface area (Å²) in [5.74, 6) is 0.875. The minimum Gasteiger partial charge on any atom is -0.496 e. The van der Waals surface area contributed by atoms with Crippen molar-refractivity contribution in [1.29, 1.82) is 0 Å². The molecule has 0 saturated carbocycles. The molecule has 0 aliphatic carbocycles. The van der Waals surface area contributed by atoms with Crippen LogP contribution in [0.3, 0.4) is 0 Å². The van der Waals surface area contributed by atoms with Crippen LogP contribution < -0.4 is 10.5 Å². The van der Waals surface area contributed by atoms with E-state index in [9.17, 15) is 0 Å². The molecule has 0 fully saturated rings. The van der Waals surface area contributed by atoms with Gasteiger partial charge < -0.3 is 15.4 Å². The molecule has 2 aromatic rings.